The summed E-state index contributed by atoms with van der Waals surface area (Å²) < 4.78 is 14.6. The van der Waals surface area contributed by atoms with E-state index in [0.717, 1.165) is 5.56 Å². The average molecular weight is 419 g/mol. The number of halogens is 1. The second-order valence-corrected chi connectivity index (χ2v) is 7.34. The molecular weight excluding hydrogens is 397 g/mol. The Labute approximate surface area is 178 Å². The number of benzene rings is 2. The maximum absolute atomic E-state index is 12.8. The van der Waals surface area contributed by atoms with E-state index in [1.54, 1.807) is 41.1 Å². The van der Waals surface area contributed by atoms with Gasteiger partial charge in [-0.1, -0.05) is 24.3 Å². The highest BCUT2D eigenvalue weighted by Gasteiger charge is 2.18. The van der Waals surface area contributed by atoms with Crippen molar-refractivity contribution in [3.05, 3.63) is 60.4 Å². The number of hydrogen-bond acceptors (Lipinski definition) is 5. The summed E-state index contributed by atoms with van der Waals surface area (Å²) in [6, 6.07) is 13.5. The van der Waals surface area contributed by atoms with Crippen molar-refractivity contribution in [3.63, 3.8) is 0 Å². The first-order valence-electron chi connectivity index (χ1n) is 9.78. The van der Waals surface area contributed by atoms with Gasteiger partial charge in [0.05, 0.1) is 5.39 Å². The van der Waals surface area contributed by atoms with Gasteiger partial charge in [-0.2, -0.15) is 5.10 Å². The molecule has 0 saturated carbocycles. The van der Waals surface area contributed by atoms with Crippen LogP contribution >= 0.6 is 0 Å². The third kappa shape index (κ3) is 4.16. The van der Waals surface area contributed by atoms with E-state index in [1.807, 2.05) is 26.0 Å². The van der Waals surface area contributed by atoms with E-state index < -0.39 is 12.7 Å². The number of nitrogens with one attached hydrogen (secondary N) is 2. The van der Waals surface area contributed by atoms with Gasteiger partial charge in [0.1, 0.15) is 24.5 Å². The maximum Gasteiger partial charge on any atom is 0.323 e. The second-order valence-electron chi connectivity index (χ2n) is 7.34. The minimum Gasteiger partial charge on any atom is -0.383 e. The smallest absolute Gasteiger partial charge is 0.323 e. The Morgan fingerprint density at radius 3 is 2.52 bits per heavy atom. The molecule has 0 aliphatic rings. The summed E-state index contributed by atoms with van der Waals surface area (Å²) in [5.41, 5.74) is 9.76. The number of amides is 2. The van der Waals surface area contributed by atoms with Crippen molar-refractivity contribution in [2.75, 3.05) is 16.4 Å². The first kappa shape index (κ1) is 20.3. The molecule has 0 bridgehead atoms. The fraction of sp³-hybridized carbons (Fsp3) is 0.182. The van der Waals surface area contributed by atoms with Crippen molar-refractivity contribution in [1.82, 2.24) is 19.7 Å². The van der Waals surface area contributed by atoms with Crippen LogP contribution in [0.15, 0.2) is 54.9 Å². The van der Waals surface area contributed by atoms with Gasteiger partial charge >= 0.3 is 6.03 Å². The Balaban J connectivity index is 1.62. The van der Waals surface area contributed by atoms with Crippen molar-refractivity contribution in [2.24, 2.45) is 0 Å². The molecule has 0 aliphatic heterocycles. The molecule has 31 heavy (non-hydrogen) atoms. The summed E-state index contributed by atoms with van der Waals surface area (Å²) in [5.74, 6) is 0.343. The summed E-state index contributed by atoms with van der Waals surface area (Å²) in [4.78, 5) is 20.9. The molecule has 0 unspecified atom stereocenters. The highest BCUT2D eigenvalue weighted by molar-refractivity contribution is 6.01. The van der Waals surface area contributed by atoms with E-state index in [1.165, 1.54) is 6.33 Å². The number of urea groups is 1. The van der Waals surface area contributed by atoms with E-state index in [0.29, 0.717) is 39.5 Å². The molecule has 0 radical (unpaired) electrons. The predicted octanol–water partition coefficient (Wildman–Crippen LogP) is 4.77. The van der Waals surface area contributed by atoms with Crippen LogP contribution in [0.25, 0.3) is 22.3 Å². The lowest BCUT2D eigenvalue weighted by Crippen LogP contribution is -2.19. The van der Waals surface area contributed by atoms with Gasteiger partial charge in [0.15, 0.2) is 5.65 Å². The standard InChI is InChI=1S/C22H22FN7O/c1-13(2)30-21-18(20(24)25-12-26-21)19(29-30)15-6-4-8-17(10-15)28-22(31)27-16-7-3-5-14(9-16)11-23/h3-10,12-13H,11H2,1-2H3,(H2,24,25,26)(H2,27,28,31). The summed E-state index contributed by atoms with van der Waals surface area (Å²) in [6.45, 7) is 3.42. The van der Waals surface area contributed by atoms with Crippen LogP contribution in [-0.2, 0) is 6.67 Å². The Morgan fingerprint density at radius 1 is 1.10 bits per heavy atom. The topological polar surface area (TPSA) is 111 Å². The van der Waals surface area contributed by atoms with Crippen molar-refractivity contribution in [1.29, 1.82) is 0 Å². The summed E-state index contributed by atoms with van der Waals surface area (Å²) >= 11 is 0. The van der Waals surface area contributed by atoms with Crippen LogP contribution in [0.1, 0.15) is 25.5 Å². The third-order valence-corrected chi connectivity index (χ3v) is 4.74. The van der Waals surface area contributed by atoms with E-state index in [4.69, 9.17) is 10.8 Å². The van der Waals surface area contributed by atoms with E-state index in [2.05, 4.69) is 20.6 Å². The Morgan fingerprint density at radius 2 is 1.81 bits per heavy atom. The number of aromatic nitrogens is 4. The van der Waals surface area contributed by atoms with Crippen molar-refractivity contribution >= 4 is 34.3 Å². The predicted molar refractivity (Wildman–Crippen MR) is 119 cm³/mol. The second kappa shape index (κ2) is 8.39. The number of nitrogens with zero attached hydrogens (tertiary/aromatic N) is 4. The number of alkyl halides is 1. The van der Waals surface area contributed by atoms with Gasteiger partial charge in [0.2, 0.25) is 0 Å². The molecule has 158 valence electrons. The molecule has 2 aromatic carbocycles. The first-order valence-corrected chi connectivity index (χ1v) is 9.78. The SMILES string of the molecule is CC(C)n1nc(-c2cccc(NC(=O)Nc3cccc(CF)c3)c2)c2c(N)ncnc21. The quantitative estimate of drug-likeness (QED) is 0.431. The minimum atomic E-state index is -0.594. The number of carbonyl (C=O) groups excluding carboxylic acids is 1. The van der Waals surface area contributed by atoms with E-state index in [9.17, 15) is 9.18 Å². The normalized spacial score (nSPS) is 11.1. The average Bonchev–Trinajstić information content (AvgIpc) is 3.15. The maximum atomic E-state index is 12.8. The number of rotatable bonds is 5. The number of fused-ring (bicyclic) bond motifs is 1. The Hall–Kier alpha value is -4.01. The number of nitrogens with two attached hydrogens (primary N) is 1. The molecule has 9 heteroatoms. The van der Waals surface area contributed by atoms with Gasteiger partial charge in [-0.25, -0.2) is 23.8 Å². The molecule has 0 atom stereocenters. The molecule has 0 fully saturated rings. The van der Waals surface area contributed by atoms with Crippen LogP contribution in [0, 0.1) is 0 Å². The zero-order valence-corrected chi connectivity index (χ0v) is 17.1. The molecule has 2 aromatic heterocycles. The number of nitrogen functional groups attached to an aromatic ring is 1. The van der Waals surface area contributed by atoms with E-state index in [-0.39, 0.29) is 6.04 Å². The Kier molecular flexibility index (Phi) is 5.48. The molecule has 4 N–H and O–H groups in total. The van der Waals surface area contributed by atoms with Crippen LogP contribution in [0.2, 0.25) is 0 Å². The summed E-state index contributed by atoms with van der Waals surface area (Å²) in [7, 11) is 0. The van der Waals surface area contributed by atoms with Crippen molar-refractivity contribution in [3.8, 4) is 11.3 Å². The first-order chi connectivity index (χ1) is 15.0. The van der Waals surface area contributed by atoms with Gasteiger partial charge in [-0.05, 0) is 43.7 Å². The van der Waals surface area contributed by atoms with Crippen LogP contribution in [0.3, 0.4) is 0 Å². The molecule has 0 spiro atoms. The van der Waals surface area contributed by atoms with Gasteiger partial charge < -0.3 is 16.4 Å². The molecule has 0 saturated heterocycles. The number of anilines is 3. The highest BCUT2D eigenvalue weighted by Crippen LogP contribution is 2.32. The zero-order chi connectivity index (χ0) is 22.0. The van der Waals surface area contributed by atoms with E-state index >= 15 is 0 Å². The number of hydrogen-bond donors (Lipinski definition) is 3. The van der Waals surface area contributed by atoms with Gasteiger partial charge in [-0.15, -0.1) is 0 Å². The zero-order valence-electron chi connectivity index (χ0n) is 17.1. The summed E-state index contributed by atoms with van der Waals surface area (Å²) in [5, 5.41) is 10.9. The third-order valence-electron chi connectivity index (χ3n) is 4.74. The monoisotopic (exact) mass is 419 g/mol. The van der Waals surface area contributed by atoms with Crippen molar-refractivity contribution < 1.29 is 9.18 Å². The minimum absolute atomic E-state index is 0.0812. The molecule has 4 rings (SSSR count). The lowest BCUT2D eigenvalue weighted by molar-refractivity contribution is 0.262. The highest BCUT2D eigenvalue weighted by atomic mass is 19.1. The van der Waals surface area contributed by atoms with Crippen LogP contribution in [-0.4, -0.2) is 25.8 Å². The lowest BCUT2D eigenvalue weighted by Gasteiger charge is -2.09. The summed E-state index contributed by atoms with van der Waals surface area (Å²) in [6.07, 6.45) is 1.42. The van der Waals surface area contributed by atoms with Gasteiger partial charge in [0.25, 0.3) is 0 Å². The van der Waals surface area contributed by atoms with Gasteiger partial charge in [0, 0.05) is 23.0 Å². The molecule has 2 amide bonds. The fourth-order valence-corrected chi connectivity index (χ4v) is 3.33. The number of carbonyl (C=O) groups is 1. The molecule has 4 aromatic rings. The molecular formula is C22H22FN7O. The van der Waals surface area contributed by atoms with Gasteiger partial charge in [-0.3, -0.25) is 0 Å². The van der Waals surface area contributed by atoms with Crippen LogP contribution in [0.5, 0.6) is 0 Å². The van der Waals surface area contributed by atoms with Crippen molar-refractivity contribution in [2.45, 2.75) is 26.6 Å². The van der Waals surface area contributed by atoms with Crippen LogP contribution < -0.4 is 16.4 Å². The molecule has 8 nitrogen and oxygen atoms in total. The largest absolute Gasteiger partial charge is 0.383 e. The Bertz CT molecular complexity index is 1250. The lowest BCUT2D eigenvalue weighted by atomic mass is 10.1. The molecule has 0 aliphatic carbocycles. The van der Waals surface area contributed by atoms with Crippen LogP contribution in [0.4, 0.5) is 26.4 Å². The fourth-order valence-electron chi connectivity index (χ4n) is 3.33. The molecule has 2 heterocycles.